The first-order valence-corrected chi connectivity index (χ1v) is 5.45. The summed E-state index contributed by atoms with van der Waals surface area (Å²) in [7, 11) is 0. The number of rotatable bonds is 4. The van der Waals surface area contributed by atoms with Crippen LogP contribution in [-0.4, -0.2) is 42.3 Å². The van der Waals surface area contributed by atoms with Gasteiger partial charge in [-0.15, -0.1) is 0 Å². The monoisotopic (exact) mass is 173 g/mol. The van der Waals surface area contributed by atoms with Crippen LogP contribution in [0.3, 0.4) is 0 Å². The number of hydrogen-bond acceptors (Lipinski definition) is 3. The lowest BCUT2D eigenvalue weighted by molar-refractivity contribution is -0.116. The van der Waals surface area contributed by atoms with Gasteiger partial charge in [0.1, 0.15) is 5.78 Å². The Kier molecular flexibility index (Phi) is 3.94. The van der Waals surface area contributed by atoms with E-state index in [0.29, 0.717) is 12.3 Å². The van der Waals surface area contributed by atoms with Crippen molar-refractivity contribution in [2.75, 3.05) is 31.6 Å². The molecule has 1 saturated heterocycles. The third-order valence-corrected chi connectivity index (χ3v) is 2.63. The molecule has 0 spiro atoms. The van der Waals surface area contributed by atoms with E-state index in [9.17, 15) is 4.79 Å². The molecule has 0 aliphatic carbocycles. The highest BCUT2D eigenvalue weighted by Gasteiger charge is 2.17. The van der Waals surface area contributed by atoms with Crippen LogP contribution in [0.1, 0.15) is 12.8 Å². The van der Waals surface area contributed by atoms with E-state index in [1.165, 1.54) is 12.2 Å². The maximum absolute atomic E-state index is 10.8. The lowest BCUT2D eigenvalue weighted by Crippen LogP contribution is -2.22. The maximum atomic E-state index is 10.8. The van der Waals surface area contributed by atoms with Gasteiger partial charge in [0.2, 0.25) is 0 Å². The molecule has 0 aromatic heterocycles. The summed E-state index contributed by atoms with van der Waals surface area (Å²) in [6, 6.07) is 0. The fourth-order valence-electron chi connectivity index (χ4n) is 1.31. The summed E-state index contributed by atoms with van der Waals surface area (Å²) in [5, 5.41) is 0. The molecular formula is C8H15NOS. The average molecular weight is 173 g/mol. The van der Waals surface area contributed by atoms with Crippen molar-refractivity contribution in [3.05, 3.63) is 0 Å². The molecular weight excluding hydrogens is 158 g/mol. The zero-order chi connectivity index (χ0) is 8.10. The lowest BCUT2D eigenvalue weighted by Gasteiger charge is -2.11. The third-order valence-electron chi connectivity index (χ3n) is 1.93. The summed E-state index contributed by atoms with van der Waals surface area (Å²) in [5.74, 6) is 1.62. The molecule has 1 aliphatic rings. The van der Waals surface area contributed by atoms with E-state index >= 15 is 0 Å². The molecule has 0 aromatic rings. The van der Waals surface area contributed by atoms with E-state index < -0.39 is 0 Å². The molecule has 0 N–H and O–H groups in total. The van der Waals surface area contributed by atoms with Crippen LogP contribution in [0.2, 0.25) is 0 Å². The summed E-state index contributed by atoms with van der Waals surface area (Å²) < 4.78 is 0. The number of carbonyl (C=O) groups is 1. The van der Waals surface area contributed by atoms with Crippen LogP contribution in [0.25, 0.3) is 0 Å². The second-order valence-electron chi connectivity index (χ2n) is 2.91. The van der Waals surface area contributed by atoms with Gasteiger partial charge in [-0.05, 0) is 25.0 Å². The van der Waals surface area contributed by atoms with Crippen molar-refractivity contribution in [1.82, 2.24) is 4.90 Å². The Morgan fingerprint density at radius 1 is 1.64 bits per heavy atom. The van der Waals surface area contributed by atoms with Gasteiger partial charge in [-0.1, -0.05) is 0 Å². The molecule has 3 heteroatoms. The Balaban J connectivity index is 2.04. The number of carbonyl (C=O) groups excluding carboxylic acids is 1. The van der Waals surface area contributed by atoms with Gasteiger partial charge < -0.3 is 0 Å². The lowest BCUT2D eigenvalue weighted by atomic mass is 10.4. The van der Waals surface area contributed by atoms with Crippen molar-refractivity contribution in [3.63, 3.8) is 0 Å². The van der Waals surface area contributed by atoms with Crippen molar-refractivity contribution < 1.29 is 4.79 Å². The SMILES string of the molecule is CSCCCN1CCC(=O)C1. The first-order chi connectivity index (χ1) is 5.33. The van der Waals surface area contributed by atoms with E-state index in [-0.39, 0.29) is 0 Å². The number of hydrogen-bond donors (Lipinski definition) is 0. The molecule has 0 radical (unpaired) electrons. The molecule has 1 fully saturated rings. The number of nitrogens with zero attached hydrogens (tertiary/aromatic N) is 1. The second-order valence-corrected chi connectivity index (χ2v) is 3.90. The van der Waals surface area contributed by atoms with E-state index in [1.54, 1.807) is 0 Å². The summed E-state index contributed by atoms with van der Waals surface area (Å²) in [5.41, 5.74) is 0. The number of Topliss-reactive ketones (excluding diaryl/α,β-unsaturated/α-hetero) is 1. The first kappa shape index (κ1) is 9.07. The number of ketones is 1. The summed E-state index contributed by atoms with van der Waals surface area (Å²) in [6.07, 6.45) is 4.11. The van der Waals surface area contributed by atoms with Gasteiger partial charge in [-0.3, -0.25) is 9.69 Å². The van der Waals surface area contributed by atoms with E-state index in [0.717, 1.165) is 19.5 Å². The molecule has 1 rings (SSSR count). The molecule has 2 nitrogen and oxygen atoms in total. The predicted molar refractivity (Wildman–Crippen MR) is 49.1 cm³/mol. The molecule has 0 amide bonds. The first-order valence-electron chi connectivity index (χ1n) is 4.06. The Labute approximate surface area is 72.3 Å². The summed E-state index contributed by atoms with van der Waals surface area (Å²) in [6.45, 7) is 2.80. The van der Waals surface area contributed by atoms with Gasteiger partial charge >= 0.3 is 0 Å². The molecule has 0 unspecified atom stereocenters. The maximum Gasteiger partial charge on any atom is 0.148 e. The number of thioether (sulfide) groups is 1. The molecule has 64 valence electrons. The van der Waals surface area contributed by atoms with Crippen molar-refractivity contribution in [2.24, 2.45) is 0 Å². The van der Waals surface area contributed by atoms with Crippen LogP contribution < -0.4 is 0 Å². The van der Waals surface area contributed by atoms with Crippen LogP contribution in [-0.2, 0) is 4.79 Å². The van der Waals surface area contributed by atoms with Crippen molar-refractivity contribution in [1.29, 1.82) is 0 Å². The fourth-order valence-corrected chi connectivity index (χ4v) is 1.73. The van der Waals surface area contributed by atoms with Gasteiger partial charge in [0.25, 0.3) is 0 Å². The smallest absolute Gasteiger partial charge is 0.148 e. The van der Waals surface area contributed by atoms with Crippen LogP contribution in [0, 0.1) is 0 Å². The minimum Gasteiger partial charge on any atom is -0.298 e. The Hall–Kier alpha value is -0.0200. The largest absolute Gasteiger partial charge is 0.298 e. The Morgan fingerprint density at radius 3 is 3.00 bits per heavy atom. The van der Waals surface area contributed by atoms with E-state index in [4.69, 9.17) is 0 Å². The highest BCUT2D eigenvalue weighted by molar-refractivity contribution is 7.98. The molecule has 1 heterocycles. The minimum atomic E-state index is 0.411. The predicted octanol–water partition coefficient (Wildman–Crippen LogP) is 1.01. The Morgan fingerprint density at radius 2 is 2.45 bits per heavy atom. The normalized spacial score (nSPS) is 19.5. The van der Waals surface area contributed by atoms with E-state index in [1.807, 2.05) is 11.8 Å². The van der Waals surface area contributed by atoms with Crippen LogP contribution in [0.4, 0.5) is 0 Å². The minimum absolute atomic E-state index is 0.411. The molecule has 0 atom stereocenters. The van der Waals surface area contributed by atoms with Crippen LogP contribution in [0.5, 0.6) is 0 Å². The Bertz CT molecular complexity index is 138. The van der Waals surface area contributed by atoms with Gasteiger partial charge in [0, 0.05) is 13.0 Å². The van der Waals surface area contributed by atoms with Crippen molar-refractivity contribution in [2.45, 2.75) is 12.8 Å². The molecule has 11 heavy (non-hydrogen) atoms. The third kappa shape index (κ3) is 3.25. The van der Waals surface area contributed by atoms with Gasteiger partial charge in [-0.25, -0.2) is 0 Å². The van der Waals surface area contributed by atoms with Gasteiger partial charge in [-0.2, -0.15) is 11.8 Å². The fraction of sp³-hybridized carbons (Fsp3) is 0.875. The van der Waals surface area contributed by atoms with Crippen molar-refractivity contribution >= 4 is 17.5 Å². The van der Waals surface area contributed by atoms with Crippen molar-refractivity contribution in [3.8, 4) is 0 Å². The topological polar surface area (TPSA) is 20.3 Å². The highest BCUT2D eigenvalue weighted by Crippen LogP contribution is 2.05. The van der Waals surface area contributed by atoms with Gasteiger partial charge in [0.15, 0.2) is 0 Å². The quantitative estimate of drug-likeness (QED) is 0.592. The molecule has 0 aromatic carbocycles. The molecule has 0 bridgehead atoms. The second kappa shape index (κ2) is 4.78. The summed E-state index contributed by atoms with van der Waals surface area (Å²) >= 11 is 1.87. The average Bonchev–Trinajstić information content (AvgIpc) is 2.37. The molecule has 0 saturated carbocycles. The van der Waals surface area contributed by atoms with Gasteiger partial charge in [0.05, 0.1) is 6.54 Å². The zero-order valence-corrected chi connectivity index (χ0v) is 7.82. The molecule has 1 aliphatic heterocycles. The highest BCUT2D eigenvalue weighted by atomic mass is 32.2. The zero-order valence-electron chi connectivity index (χ0n) is 7.01. The van der Waals surface area contributed by atoms with Crippen LogP contribution in [0.15, 0.2) is 0 Å². The number of likely N-dealkylation sites (tertiary alicyclic amines) is 1. The summed E-state index contributed by atoms with van der Waals surface area (Å²) in [4.78, 5) is 13.1. The van der Waals surface area contributed by atoms with Crippen LogP contribution >= 0.6 is 11.8 Å². The van der Waals surface area contributed by atoms with E-state index in [2.05, 4.69) is 11.2 Å². The standard InChI is InChI=1S/C8H15NOS/c1-11-6-2-4-9-5-3-8(10)7-9/h2-7H2,1H3.